The third-order valence-electron chi connectivity index (χ3n) is 5.01. The molecule has 0 saturated heterocycles. The summed E-state index contributed by atoms with van der Waals surface area (Å²) in [5.41, 5.74) is 3.78. The number of nitrogens with zero attached hydrogens (tertiary/aromatic N) is 1. The van der Waals surface area contributed by atoms with Gasteiger partial charge in [-0.2, -0.15) is 0 Å². The molecule has 2 amide bonds. The summed E-state index contributed by atoms with van der Waals surface area (Å²) in [6.07, 6.45) is 0.816. The second-order valence-corrected chi connectivity index (χ2v) is 7.81. The number of amides is 2. The summed E-state index contributed by atoms with van der Waals surface area (Å²) < 4.78 is 0. The molecule has 1 aliphatic rings. The van der Waals surface area contributed by atoms with Crippen LogP contribution in [0, 0.1) is 19.3 Å². The van der Waals surface area contributed by atoms with E-state index in [-0.39, 0.29) is 17.9 Å². The fourth-order valence-corrected chi connectivity index (χ4v) is 3.61. The van der Waals surface area contributed by atoms with E-state index in [2.05, 4.69) is 11.4 Å². The Morgan fingerprint density at radius 3 is 2.35 bits per heavy atom. The molecule has 0 spiro atoms. The minimum atomic E-state index is -1.16. The number of nitrogens with one attached hydrogen (secondary N) is 1. The molecule has 26 heavy (non-hydrogen) atoms. The topological polar surface area (TPSA) is 49.4 Å². The molecule has 136 valence electrons. The monoisotopic (exact) mass is 350 g/mol. The van der Waals surface area contributed by atoms with Gasteiger partial charge >= 0.3 is 0 Å². The molecule has 0 aliphatic carbocycles. The van der Waals surface area contributed by atoms with Gasteiger partial charge in [-0.05, 0) is 75.9 Å². The van der Waals surface area contributed by atoms with Gasteiger partial charge in [-0.25, -0.2) is 0 Å². The average Bonchev–Trinajstić information content (AvgIpc) is 2.88. The molecule has 1 aliphatic heterocycles. The highest BCUT2D eigenvalue weighted by Gasteiger charge is 2.43. The number of hydrogen-bond acceptors (Lipinski definition) is 2. The van der Waals surface area contributed by atoms with E-state index in [9.17, 15) is 9.59 Å². The average molecular weight is 350 g/mol. The molecule has 0 aromatic heterocycles. The molecule has 0 fully saturated rings. The SMILES string of the molecule is Cc1cc(C)cc(NC(=O)C(C)(C)C(=O)N2c3ccccc3CC2C)c1. The molecule has 1 unspecified atom stereocenters. The first-order chi connectivity index (χ1) is 12.2. The highest BCUT2D eigenvalue weighted by atomic mass is 16.2. The van der Waals surface area contributed by atoms with E-state index in [4.69, 9.17) is 0 Å². The summed E-state index contributed by atoms with van der Waals surface area (Å²) in [6, 6.07) is 13.8. The van der Waals surface area contributed by atoms with Crippen LogP contribution in [-0.4, -0.2) is 17.9 Å². The van der Waals surface area contributed by atoms with Crippen molar-refractivity contribution in [2.24, 2.45) is 5.41 Å². The number of benzene rings is 2. The second kappa shape index (κ2) is 6.60. The zero-order valence-electron chi connectivity index (χ0n) is 16.1. The Labute approximate surface area is 155 Å². The van der Waals surface area contributed by atoms with Crippen LogP contribution in [0.5, 0.6) is 0 Å². The van der Waals surface area contributed by atoms with E-state index in [0.29, 0.717) is 0 Å². The Kier molecular flexibility index (Phi) is 4.61. The molecule has 2 aromatic carbocycles. The predicted molar refractivity (Wildman–Crippen MR) is 105 cm³/mol. The van der Waals surface area contributed by atoms with E-state index in [1.807, 2.05) is 57.2 Å². The van der Waals surface area contributed by atoms with Crippen LogP contribution in [0.25, 0.3) is 0 Å². The van der Waals surface area contributed by atoms with E-state index in [1.165, 1.54) is 0 Å². The van der Waals surface area contributed by atoms with Crippen molar-refractivity contribution in [2.45, 2.75) is 47.1 Å². The summed E-state index contributed by atoms with van der Waals surface area (Å²) in [4.78, 5) is 28.0. The number of fused-ring (bicyclic) bond motifs is 1. The first-order valence-electron chi connectivity index (χ1n) is 9.01. The van der Waals surface area contributed by atoms with Crippen LogP contribution < -0.4 is 10.2 Å². The summed E-state index contributed by atoms with van der Waals surface area (Å²) >= 11 is 0. The van der Waals surface area contributed by atoms with Gasteiger partial charge in [-0.3, -0.25) is 9.59 Å². The van der Waals surface area contributed by atoms with Gasteiger partial charge in [0.2, 0.25) is 11.8 Å². The molecule has 0 radical (unpaired) electrons. The van der Waals surface area contributed by atoms with E-state index < -0.39 is 5.41 Å². The molecule has 4 nitrogen and oxygen atoms in total. The predicted octanol–water partition coefficient (Wildman–Crippen LogP) is 4.25. The molecule has 4 heteroatoms. The number of para-hydroxylation sites is 1. The Hall–Kier alpha value is -2.62. The number of anilines is 2. The van der Waals surface area contributed by atoms with E-state index >= 15 is 0 Å². The standard InChI is InChI=1S/C22H26N2O2/c1-14-10-15(2)12-18(11-14)23-20(25)22(4,5)21(26)24-16(3)13-17-8-6-7-9-19(17)24/h6-12,16H,13H2,1-5H3,(H,23,25). The van der Waals surface area contributed by atoms with Crippen LogP contribution in [0.4, 0.5) is 11.4 Å². The van der Waals surface area contributed by atoms with Crippen molar-refractivity contribution >= 4 is 23.2 Å². The summed E-state index contributed by atoms with van der Waals surface area (Å²) in [5.74, 6) is -0.457. The molecular formula is C22H26N2O2. The van der Waals surface area contributed by atoms with Gasteiger partial charge in [0.05, 0.1) is 0 Å². The summed E-state index contributed by atoms with van der Waals surface area (Å²) in [6.45, 7) is 9.39. The third-order valence-corrected chi connectivity index (χ3v) is 5.01. The number of aryl methyl sites for hydroxylation is 2. The lowest BCUT2D eigenvalue weighted by Gasteiger charge is -2.31. The Morgan fingerprint density at radius 1 is 1.08 bits per heavy atom. The fraction of sp³-hybridized carbons (Fsp3) is 0.364. The van der Waals surface area contributed by atoms with Crippen molar-refractivity contribution in [2.75, 3.05) is 10.2 Å². The van der Waals surface area contributed by atoms with Gasteiger partial charge in [0.25, 0.3) is 0 Å². The summed E-state index contributed by atoms with van der Waals surface area (Å²) in [5, 5.41) is 2.92. The maximum Gasteiger partial charge on any atom is 0.242 e. The number of rotatable bonds is 3. The van der Waals surface area contributed by atoms with Crippen LogP contribution in [0.1, 0.15) is 37.5 Å². The van der Waals surface area contributed by atoms with Gasteiger partial charge in [-0.15, -0.1) is 0 Å². The first-order valence-corrected chi connectivity index (χ1v) is 9.01. The zero-order chi connectivity index (χ0) is 19.1. The minimum Gasteiger partial charge on any atom is -0.325 e. The van der Waals surface area contributed by atoms with Gasteiger partial charge in [0.15, 0.2) is 0 Å². The zero-order valence-corrected chi connectivity index (χ0v) is 16.1. The minimum absolute atomic E-state index is 0.0492. The van der Waals surface area contributed by atoms with Crippen molar-refractivity contribution in [3.05, 3.63) is 59.2 Å². The van der Waals surface area contributed by atoms with Crippen molar-refractivity contribution < 1.29 is 9.59 Å². The molecule has 2 aromatic rings. The maximum absolute atomic E-state index is 13.3. The Bertz CT molecular complexity index is 850. The lowest BCUT2D eigenvalue weighted by molar-refractivity contribution is -0.136. The molecule has 0 saturated carbocycles. The van der Waals surface area contributed by atoms with Crippen molar-refractivity contribution in [1.82, 2.24) is 0 Å². The summed E-state index contributed by atoms with van der Waals surface area (Å²) in [7, 11) is 0. The van der Waals surface area contributed by atoms with Crippen molar-refractivity contribution in [1.29, 1.82) is 0 Å². The largest absolute Gasteiger partial charge is 0.325 e. The van der Waals surface area contributed by atoms with Gasteiger partial charge in [0, 0.05) is 17.4 Å². The third kappa shape index (κ3) is 3.24. The quantitative estimate of drug-likeness (QED) is 0.842. The van der Waals surface area contributed by atoms with E-state index in [0.717, 1.165) is 34.5 Å². The van der Waals surface area contributed by atoms with Gasteiger partial charge in [-0.1, -0.05) is 24.3 Å². The van der Waals surface area contributed by atoms with Crippen molar-refractivity contribution in [3.63, 3.8) is 0 Å². The van der Waals surface area contributed by atoms with Gasteiger partial charge < -0.3 is 10.2 Å². The number of carbonyl (C=O) groups excluding carboxylic acids is 2. The number of hydrogen-bond donors (Lipinski definition) is 1. The Morgan fingerprint density at radius 2 is 1.69 bits per heavy atom. The molecule has 1 heterocycles. The number of carbonyl (C=O) groups is 2. The molecule has 1 N–H and O–H groups in total. The molecule has 0 bridgehead atoms. The first kappa shape index (κ1) is 18.2. The molecule has 3 rings (SSSR count). The highest BCUT2D eigenvalue weighted by Crippen LogP contribution is 2.35. The van der Waals surface area contributed by atoms with Crippen LogP contribution in [0.15, 0.2) is 42.5 Å². The van der Waals surface area contributed by atoms with Gasteiger partial charge in [0.1, 0.15) is 5.41 Å². The lowest BCUT2D eigenvalue weighted by Crippen LogP contribution is -2.49. The maximum atomic E-state index is 13.3. The Balaban J connectivity index is 1.85. The molecule has 1 atom stereocenters. The molecular weight excluding hydrogens is 324 g/mol. The van der Waals surface area contributed by atoms with Crippen LogP contribution in [-0.2, 0) is 16.0 Å². The smallest absolute Gasteiger partial charge is 0.242 e. The van der Waals surface area contributed by atoms with Crippen LogP contribution >= 0.6 is 0 Å². The lowest BCUT2D eigenvalue weighted by atomic mass is 9.89. The van der Waals surface area contributed by atoms with Crippen molar-refractivity contribution in [3.8, 4) is 0 Å². The fourth-order valence-electron chi connectivity index (χ4n) is 3.61. The van der Waals surface area contributed by atoms with E-state index in [1.54, 1.807) is 18.7 Å². The second-order valence-electron chi connectivity index (χ2n) is 7.81. The van der Waals surface area contributed by atoms with Crippen LogP contribution in [0.2, 0.25) is 0 Å². The highest BCUT2D eigenvalue weighted by molar-refractivity contribution is 6.15. The normalized spacial score (nSPS) is 16.3. The van der Waals surface area contributed by atoms with Crippen LogP contribution in [0.3, 0.4) is 0 Å².